The van der Waals surface area contributed by atoms with Gasteiger partial charge in [0.1, 0.15) is 0 Å². The zero-order valence-electron chi connectivity index (χ0n) is 10.1. The summed E-state index contributed by atoms with van der Waals surface area (Å²) in [5.74, 6) is 0.123. The highest BCUT2D eigenvalue weighted by Gasteiger charge is 2.35. The molecule has 0 aromatic rings. The van der Waals surface area contributed by atoms with E-state index in [-0.39, 0.29) is 22.9 Å². The molecule has 1 N–H and O–H groups in total. The molecular weight excluding hydrogens is 251 g/mol. The molecule has 102 valence electrons. The maximum atomic E-state index is 12.1. The molecule has 1 unspecified atom stereocenters. The average Bonchev–Trinajstić information content (AvgIpc) is 2.26. The monoisotopic (exact) mass is 271 g/mol. The van der Waals surface area contributed by atoms with Gasteiger partial charge in [-0.25, -0.2) is 0 Å². The molecule has 1 aliphatic heterocycles. The van der Waals surface area contributed by atoms with Crippen molar-refractivity contribution < 1.29 is 17.9 Å². The first-order chi connectivity index (χ1) is 7.97. The fraction of sp³-hybridized carbons (Fsp3) is 1.00. The van der Waals surface area contributed by atoms with Crippen LogP contribution in [0.25, 0.3) is 0 Å². The molecule has 1 rings (SSSR count). The second-order valence-corrected chi connectivity index (χ2v) is 5.64. The van der Waals surface area contributed by atoms with Crippen LogP contribution in [0.3, 0.4) is 0 Å². The van der Waals surface area contributed by atoms with E-state index in [4.69, 9.17) is 4.74 Å². The molecule has 0 bridgehead atoms. The van der Waals surface area contributed by atoms with Gasteiger partial charge in [0.15, 0.2) is 0 Å². The maximum absolute atomic E-state index is 12.1. The fourth-order valence-corrected chi connectivity index (χ4v) is 2.88. The van der Waals surface area contributed by atoms with Crippen LogP contribution in [0.15, 0.2) is 0 Å². The number of alkyl halides is 3. The van der Waals surface area contributed by atoms with Gasteiger partial charge in [-0.15, -0.1) is 0 Å². The Kier molecular flexibility index (Phi) is 6.09. The average molecular weight is 271 g/mol. The van der Waals surface area contributed by atoms with Crippen molar-refractivity contribution in [2.24, 2.45) is 5.41 Å². The van der Waals surface area contributed by atoms with Gasteiger partial charge in [0.25, 0.3) is 0 Å². The topological polar surface area (TPSA) is 21.3 Å². The van der Waals surface area contributed by atoms with Crippen molar-refractivity contribution in [2.45, 2.75) is 31.7 Å². The summed E-state index contributed by atoms with van der Waals surface area (Å²) < 4.78 is 41.7. The third-order valence-corrected chi connectivity index (χ3v) is 3.79. The Labute approximate surface area is 105 Å². The Hall–Kier alpha value is 0.0600. The van der Waals surface area contributed by atoms with E-state index in [1.807, 2.05) is 6.92 Å². The molecule has 0 spiro atoms. The quantitative estimate of drug-likeness (QED) is 0.802. The maximum Gasteiger partial charge on any atom is 0.441 e. The Morgan fingerprint density at radius 3 is 2.71 bits per heavy atom. The van der Waals surface area contributed by atoms with Gasteiger partial charge in [-0.05, 0) is 25.8 Å². The van der Waals surface area contributed by atoms with Gasteiger partial charge in [0, 0.05) is 24.3 Å². The van der Waals surface area contributed by atoms with Gasteiger partial charge in [0.2, 0.25) is 0 Å². The molecule has 0 aromatic heterocycles. The summed E-state index contributed by atoms with van der Waals surface area (Å²) >= 11 is 0.0759. The van der Waals surface area contributed by atoms with Crippen molar-refractivity contribution in [3.8, 4) is 0 Å². The third kappa shape index (κ3) is 5.97. The van der Waals surface area contributed by atoms with Gasteiger partial charge in [0.05, 0.1) is 6.61 Å². The van der Waals surface area contributed by atoms with Crippen molar-refractivity contribution in [3.05, 3.63) is 0 Å². The van der Waals surface area contributed by atoms with Crippen LogP contribution in [0.1, 0.15) is 26.2 Å². The predicted molar refractivity (Wildman–Crippen MR) is 64.2 cm³/mol. The van der Waals surface area contributed by atoms with Crippen molar-refractivity contribution in [1.29, 1.82) is 0 Å². The molecule has 2 nitrogen and oxygen atoms in total. The smallest absolute Gasteiger partial charge is 0.381 e. The fourth-order valence-electron chi connectivity index (χ4n) is 2.11. The molecular formula is C11H20F3NOS. The minimum atomic E-state index is -4.12. The molecule has 1 aliphatic rings. The van der Waals surface area contributed by atoms with Crippen LogP contribution in [0.5, 0.6) is 0 Å². The molecule has 0 radical (unpaired) electrons. The zero-order valence-corrected chi connectivity index (χ0v) is 10.9. The first-order valence-electron chi connectivity index (χ1n) is 5.97. The largest absolute Gasteiger partial charge is 0.441 e. The van der Waals surface area contributed by atoms with E-state index in [1.54, 1.807) is 0 Å². The van der Waals surface area contributed by atoms with Crippen molar-refractivity contribution in [1.82, 2.24) is 5.32 Å². The van der Waals surface area contributed by atoms with Crippen LogP contribution in [0.2, 0.25) is 0 Å². The zero-order chi connectivity index (χ0) is 12.8. The van der Waals surface area contributed by atoms with Gasteiger partial charge in [-0.2, -0.15) is 13.2 Å². The molecule has 1 saturated heterocycles. The highest BCUT2D eigenvalue weighted by atomic mass is 32.2. The van der Waals surface area contributed by atoms with Crippen LogP contribution in [0, 0.1) is 5.41 Å². The molecule has 0 amide bonds. The second-order valence-electron chi connectivity index (χ2n) is 4.48. The number of hydrogen-bond donors (Lipinski definition) is 1. The summed E-state index contributed by atoms with van der Waals surface area (Å²) in [5.41, 5.74) is -4.22. The number of nitrogens with one attached hydrogen (secondary N) is 1. The predicted octanol–water partition coefficient (Wildman–Crippen LogP) is 3.04. The van der Waals surface area contributed by atoms with E-state index in [0.29, 0.717) is 13.0 Å². The Morgan fingerprint density at radius 2 is 2.18 bits per heavy atom. The van der Waals surface area contributed by atoms with Crippen LogP contribution in [-0.4, -0.2) is 37.6 Å². The summed E-state index contributed by atoms with van der Waals surface area (Å²) in [6.45, 7) is 4.91. The standard InChI is InChI=1S/C11H20F3NOS/c1-2-15-8-10(4-3-6-16-9-10)5-7-17-11(12,13)14/h15H,2-9H2,1H3. The highest BCUT2D eigenvalue weighted by Crippen LogP contribution is 2.37. The highest BCUT2D eigenvalue weighted by molar-refractivity contribution is 8.00. The first-order valence-corrected chi connectivity index (χ1v) is 6.95. The number of rotatable bonds is 6. The van der Waals surface area contributed by atoms with Crippen LogP contribution in [0.4, 0.5) is 13.2 Å². The Morgan fingerprint density at radius 1 is 1.41 bits per heavy atom. The number of thioether (sulfide) groups is 1. The lowest BCUT2D eigenvalue weighted by Gasteiger charge is -2.37. The Balaban J connectivity index is 2.40. The number of halogens is 3. The molecule has 0 saturated carbocycles. The third-order valence-electron chi connectivity index (χ3n) is 3.05. The van der Waals surface area contributed by atoms with Crippen LogP contribution >= 0.6 is 11.8 Å². The summed E-state index contributed by atoms with van der Waals surface area (Å²) in [7, 11) is 0. The van der Waals surface area contributed by atoms with Gasteiger partial charge in [-0.1, -0.05) is 18.7 Å². The minimum absolute atomic E-state index is 0.0759. The summed E-state index contributed by atoms with van der Waals surface area (Å²) in [4.78, 5) is 0. The molecule has 6 heteroatoms. The van der Waals surface area contributed by atoms with Crippen LogP contribution in [-0.2, 0) is 4.74 Å². The normalized spacial score (nSPS) is 26.1. The summed E-state index contributed by atoms with van der Waals surface area (Å²) in [5, 5.41) is 3.24. The number of ether oxygens (including phenoxy) is 1. The van der Waals surface area contributed by atoms with Crippen molar-refractivity contribution in [2.75, 3.05) is 32.1 Å². The van der Waals surface area contributed by atoms with Crippen molar-refractivity contribution >= 4 is 11.8 Å². The first kappa shape index (κ1) is 15.1. The summed E-state index contributed by atoms with van der Waals surface area (Å²) in [6.07, 6.45) is 2.46. The van der Waals surface area contributed by atoms with E-state index in [2.05, 4.69) is 5.32 Å². The molecule has 0 aromatic carbocycles. The molecule has 17 heavy (non-hydrogen) atoms. The van der Waals surface area contributed by atoms with E-state index < -0.39 is 5.51 Å². The molecule has 0 aliphatic carbocycles. The van der Waals surface area contributed by atoms with E-state index in [1.165, 1.54) is 0 Å². The van der Waals surface area contributed by atoms with E-state index in [0.717, 1.165) is 32.5 Å². The van der Waals surface area contributed by atoms with Gasteiger partial charge in [-0.3, -0.25) is 0 Å². The van der Waals surface area contributed by atoms with Gasteiger partial charge >= 0.3 is 5.51 Å². The van der Waals surface area contributed by atoms with Crippen LogP contribution < -0.4 is 5.32 Å². The molecule has 1 heterocycles. The van der Waals surface area contributed by atoms with Gasteiger partial charge < -0.3 is 10.1 Å². The van der Waals surface area contributed by atoms with E-state index >= 15 is 0 Å². The SMILES string of the molecule is CCNCC1(CCSC(F)(F)F)CCCOC1. The lowest BCUT2D eigenvalue weighted by Crippen LogP contribution is -2.41. The minimum Gasteiger partial charge on any atom is -0.381 e. The molecule has 1 atom stereocenters. The van der Waals surface area contributed by atoms with Crippen molar-refractivity contribution in [3.63, 3.8) is 0 Å². The summed E-state index contributed by atoms with van der Waals surface area (Å²) in [6, 6.07) is 0. The lowest BCUT2D eigenvalue weighted by atomic mass is 9.80. The number of hydrogen-bond acceptors (Lipinski definition) is 3. The molecule has 1 fully saturated rings. The second kappa shape index (κ2) is 6.85. The van der Waals surface area contributed by atoms with E-state index in [9.17, 15) is 13.2 Å². The lowest BCUT2D eigenvalue weighted by molar-refractivity contribution is -0.0338. The Bertz CT molecular complexity index is 217.